The van der Waals surface area contributed by atoms with Crippen molar-refractivity contribution < 1.29 is 9.53 Å². The summed E-state index contributed by atoms with van der Waals surface area (Å²) in [4.78, 5) is 12.3. The normalized spacial score (nSPS) is 11.2. The second-order valence-electron chi connectivity index (χ2n) is 6.00. The van der Waals surface area contributed by atoms with Crippen LogP contribution in [0.25, 0.3) is 0 Å². The molecule has 0 bridgehead atoms. The predicted molar refractivity (Wildman–Crippen MR) is 107 cm³/mol. The van der Waals surface area contributed by atoms with Crippen LogP contribution in [0, 0.1) is 0 Å². The quantitative estimate of drug-likeness (QED) is 0.621. The molecule has 0 saturated carbocycles. The van der Waals surface area contributed by atoms with Crippen molar-refractivity contribution >= 4 is 40.9 Å². The lowest BCUT2D eigenvalue weighted by atomic mass is 10.1. The summed E-state index contributed by atoms with van der Waals surface area (Å²) in [7, 11) is 0. The van der Waals surface area contributed by atoms with E-state index in [9.17, 15) is 4.79 Å². The standard InChI is InChI=1S/C19H21Cl2NO2S/c1-19(2,24-17-8-6-15(20)7-9-17)18(23)22-10-11-25-13-14-4-3-5-16(21)12-14/h3-9,12H,10-11,13H2,1-2H3,(H,22,23). The van der Waals surface area contributed by atoms with Gasteiger partial charge in [0.15, 0.2) is 5.60 Å². The molecule has 2 rings (SSSR count). The maximum absolute atomic E-state index is 12.3. The van der Waals surface area contributed by atoms with Gasteiger partial charge >= 0.3 is 0 Å². The maximum atomic E-state index is 12.3. The maximum Gasteiger partial charge on any atom is 0.263 e. The van der Waals surface area contributed by atoms with Gasteiger partial charge < -0.3 is 10.1 Å². The van der Waals surface area contributed by atoms with E-state index in [4.69, 9.17) is 27.9 Å². The Kier molecular flexibility index (Phi) is 7.48. The number of ether oxygens (including phenoxy) is 1. The van der Waals surface area contributed by atoms with E-state index in [1.54, 1.807) is 49.9 Å². The van der Waals surface area contributed by atoms with E-state index >= 15 is 0 Å². The smallest absolute Gasteiger partial charge is 0.263 e. The Morgan fingerprint density at radius 2 is 1.84 bits per heavy atom. The number of benzene rings is 2. The third-order valence-electron chi connectivity index (χ3n) is 3.42. The highest BCUT2D eigenvalue weighted by atomic mass is 35.5. The number of hydrogen-bond donors (Lipinski definition) is 1. The van der Waals surface area contributed by atoms with E-state index in [1.807, 2.05) is 24.3 Å². The lowest BCUT2D eigenvalue weighted by Gasteiger charge is -2.25. The zero-order chi connectivity index (χ0) is 18.3. The number of rotatable bonds is 8. The van der Waals surface area contributed by atoms with Crippen LogP contribution in [0.4, 0.5) is 0 Å². The topological polar surface area (TPSA) is 38.3 Å². The molecular formula is C19H21Cl2NO2S. The summed E-state index contributed by atoms with van der Waals surface area (Å²) < 4.78 is 5.77. The first-order valence-corrected chi connectivity index (χ1v) is 9.83. The minimum Gasteiger partial charge on any atom is -0.478 e. The van der Waals surface area contributed by atoms with Gasteiger partial charge in [-0.05, 0) is 55.8 Å². The van der Waals surface area contributed by atoms with Gasteiger partial charge in [0.1, 0.15) is 5.75 Å². The van der Waals surface area contributed by atoms with Crippen molar-refractivity contribution in [3.63, 3.8) is 0 Å². The van der Waals surface area contributed by atoms with Gasteiger partial charge in [0.2, 0.25) is 0 Å². The van der Waals surface area contributed by atoms with Gasteiger partial charge in [-0.15, -0.1) is 0 Å². The van der Waals surface area contributed by atoms with E-state index < -0.39 is 5.60 Å². The van der Waals surface area contributed by atoms with Crippen molar-refractivity contribution in [1.29, 1.82) is 0 Å². The first-order chi connectivity index (χ1) is 11.9. The summed E-state index contributed by atoms with van der Waals surface area (Å²) in [5.41, 5.74) is 0.223. The average molecular weight is 398 g/mol. The lowest BCUT2D eigenvalue weighted by molar-refractivity contribution is -0.134. The summed E-state index contributed by atoms with van der Waals surface area (Å²) in [6, 6.07) is 14.8. The highest BCUT2D eigenvalue weighted by Crippen LogP contribution is 2.21. The molecule has 2 aromatic rings. The summed E-state index contributed by atoms with van der Waals surface area (Å²) in [6.45, 7) is 4.07. The third kappa shape index (κ3) is 6.81. The van der Waals surface area contributed by atoms with E-state index in [0.717, 1.165) is 16.5 Å². The predicted octanol–water partition coefficient (Wildman–Crippen LogP) is 5.20. The van der Waals surface area contributed by atoms with Crippen LogP contribution in [0.5, 0.6) is 5.75 Å². The van der Waals surface area contributed by atoms with Gasteiger partial charge in [-0.25, -0.2) is 0 Å². The lowest BCUT2D eigenvalue weighted by Crippen LogP contribution is -2.47. The Bertz CT molecular complexity index is 705. The molecule has 3 nitrogen and oxygen atoms in total. The fourth-order valence-electron chi connectivity index (χ4n) is 2.11. The van der Waals surface area contributed by atoms with Crippen LogP contribution in [0.15, 0.2) is 48.5 Å². The molecule has 1 amide bonds. The van der Waals surface area contributed by atoms with Crippen LogP contribution in [-0.4, -0.2) is 23.8 Å². The number of carbonyl (C=O) groups is 1. The number of amides is 1. The third-order valence-corrected chi connectivity index (χ3v) is 4.94. The average Bonchev–Trinajstić information content (AvgIpc) is 2.56. The largest absolute Gasteiger partial charge is 0.478 e. The highest BCUT2D eigenvalue weighted by Gasteiger charge is 2.29. The minimum atomic E-state index is -0.953. The summed E-state index contributed by atoms with van der Waals surface area (Å²) in [6.07, 6.45) is 0. The fourth-order valence-corrected chi connectivity index (χ4v) is 3.25. The first kappa shape index (κ1) is 20.0. The molecule has 0 saturated heterocycles. The zero-order valence-corrected chi connectivity index (χ0v) is 16.5. The number of halogens is 2. The van der Waals surface area contributed by atoms with Crippen molar-refractivity contribution in [3.05, 3.63) is 64.1 Å². The molecule has 2 aromatic carbocycles. The molecule has 0 aliphatic rings. The van der Waals surface area contributed by atoms with Crippen LogP contribution < -0.4 is 10.1 Å². The molecular weight excluding hydrogens is 377 g/mol. The van der Waals surface area contributed by atoms with E-state index in [1.165, 1.54) is 5.56 Å². The Hall–Kier alpha value is -1.36. The Labute approximate surface area is 163 Å². The summed E-state index contributed by atoms with van der Waals surface area (Å²) in [5.74, 6) is 2.14. The van der Waals surface area contributed by atoms with E-state index in [-0.39, 0.29) is 5.91 Å². The van der Waals surface area contributed by atoms with Crippen LogP contribution >= 0.6 is 35.0 Å². The second kappa shape index (κ2) is 9.37. The molecule has 0 aliphatic heterocycles. The molecule has 0 spiro atoms. The van der Waals surface area contributed by atoms with Gasteiger partial charge in [-0.3, -0.25) is 4.79 Å². The minimum absolute atomic E-state index is 0.147. The van der Waals surface area contributed by atoms with Crippen molar-refractivity contribution in [2.75, 3.05) is 12.3 Å². The van der Waals surface area contributed by atoms with Crippen molar-refractivity contribution in [1.82, 2.24) is 5.32 Å². The monoisotopic (exact) mass is 397 g/mol. The molecule has 0 fully saturated rings. The van der Waals surface area contributed by atoms with Crippen LogP contribution in [-0.2, 0) is 10.5 Å². The summed E-state index contributed by atoms with van der Waals surface area (Å²) >= 11 is 13.6. The molecule has 134 valence electrons. The van der Waals surface area contributed by atoms with Gasteiger partial charge in [-0.2, -0.15) is 11.8 Å². The molecule has 6 heteroatoms. The number of hydrogen-bond acceptors (Lipinski definition) is 3. The highest BCUT2D eigenvalue weighted by molar-refractivity contribution is 7.98. The van der Waals surface area contributed by atoms with Gasteiger partial charge in [0.05, 0.1) is 0 Å². The zero-order valence-electron chi connectivity index (χ0n) is 14.2. The van der Waals surface area contributed by atoms with Crippen LogP contribution in [0.1, 0.15) is 19.4 Å². The summed E-state index contributed by atoms with van der Waals surface area (Å²) in [5, 5.41) is 4.29. The Morgan fingerprint density at radius 3 is 2.52 bits per heavy atom. The number of thioether (sulfide) groups is 1. The van der Waals surface area contributed by atoms with Gasteiger partial charge in [0, 0.05) is 28.1 Å². The van der Waals surface area contributed by atoms with Crippen molar-refractivity contribution in [2.24, 2.45) is 0 Å². The second-order valence-corrected chi connectivity index (χ2v) is 7.98. The number of nitrogens with one attached hydrogen (secondary N) is 1. The van der Waals surface area contributed by atoms with Crippen molar-refractivity contribution in [3.8, 4) is 5.75 Å². The molecule has 0 aromatic heterocycles. The van der Waals surface area contributed by atoms with Crippen molar-refractivity contribution in [2.45, 2.75) is 25.2 Å². The van der Waals surface area contributed by atoms with E-state index in [0.29, 0.717) is 17.3 Å². The Balaban J connectivity index is 1.72. The number of carbonyl (C=O) groups excluding carboxylic acids is 1. The Morgan fingerprint density at radius 1 is 1.12 bits per heavy atom. The molecule has 0 unspecified atom stereocenters. The molecule has 25 heavy (non-hydrogen) atoms. The fraction of sp³-hybridized carbons (Fsp3) is 0.316. The SMILES string of the molecule is CC(C)(Oc1ccc(Cl)cc1)C(=O)NCCSCc1cccc(Cl)c1. The van der Waals surface area contributed by atoms with Gasteiger partial charge in [0.25, 0.3) is 5.91 Å². The van der Waals surface area contributed by atoms with Crippen LogP contribution in [0.3, 0.4) is 0 Å². The molecule has 0 atom stereocenters. The van der Waals surface area contributed by atoms with E-state index in [2.05, 4.69) is 5.32 Å². The van der Waals surface area contributed by atoms with Gasteiger partial charge in [-0.1, -0.05) is 35.3 Å². The van der Waals surface area contributed by atoms with Crippen LogP contribution in [0.2, 0.25) is 10.0 Å². The molecule has 1 N–H and O–H groups in total. The molecule has 0 heterocycles. The molecule has 0 aliphatic carbocycles. The molecule has 0 radical (unpaired) electrons. The first-order valence-electron chi connectivity index (χ1n) is 7.92.